The van der Waals surface area contributed by atoms with Gasteiger partial charge in [0.2, 0.25) is 0 Å². The van der Waals surface area contributed by atoms with E-state index in [1.807, 2.05) is 26.0 Å². The summed E-state index contributed by atoms with van der Waals surface area (Å²) < 4.78 is 38.5. The number of rotatable bonds is 8. The normalized spacial score (nSPS) is 11.2. The van der Waals surface area contributed by atoms with Crippen LogP contribution in [0.4, 0.5) is 5.69 Å². The fourth-order valence-electron chi connectivity index (χ4n) is 2.87. The first kappa shape index (κ1) is 21.4. The van der Waals surface area contributed by atoms with E-state index in [4.69, 9.17) is 9.15 Å². The van der Waals surface area contributed by atoms with Crippen molar-refractivity contribution in [1.29, 1.82) is 0 Å². The predicted octanol–water partition coefficient (Wildman–Crippen LogP) is 4.06. The van der Waals surface area contributed by atoms with E-state index in [0.29, 0.717) is 35.9 Å². The Morgan fingerprint density at radius 3 is 2.27 bits per heavy atom. The van der Waals surface area contributed by atoms with E-state index in [9.17, 15) is 13.2 Å². The quantitative estimate of drug-likeness (QED) is 0.584. The van der Waals surface area contributed by atoms with E-state index in [1.54, 1.807) is 43.4 Å². The summed E-state index contributed by atoms with van der Waals surface area (Å²) in [7, 11) is -2.06. The third-order valence-electron chi connectivity index (χ3n) is 4.36. The van der Waals surface area contributed by atoms with Crippen LogP contribution in [0.1, 0.15) is 28.8 Å². The molecule has 0 saturated carbocycles. The molecule has 30 heavy (non-hydrogen) atoms. The van der Waals surface area contributed by atoms with E-state index in [0.717, 1.165) is 5.76 Å². The monoisotopic (exact) mass is 428 g/mol. The Morgan fingerprint density at radius 2 is 1.70 bits per heavy atom. The number of carbonyl (C=O) groups is 1. The Labute approximate surface area is 176 Å². The lowest BCUT2D eigenvalue weighted by atomic mass is 10.2. The first-order valence-corrected chi connectivity index (χ1v) is 10.9. The van der Waals surface area contributed by atoms with Gasteiger partial charge in [0.1, 0.15) is 17.3 Å². The van der Waals surface area contributed by atoms with Gasteiger partial charge in [0.25, 0.3) is 15.9 Å². The molecule has 1 heterocycles. The van der Waals surface area contributed by atoms with Gasteiger partial charge in [-0.2, -0.15) is 0 Å². The minimum atomic E-state index is -3.75. The maximum atomic E-state index is 12.6. The Hall–Kier alpha value is -3.26. The number of furan rings is 1. The van der Waals surface area contributed by atoms with Gasteiger partial charge in [-0.15, -0.1) is 0 Å². The average Bonchev–Trinajstić information content (AvgIpc) is 3.13. The molecule has 0 unspecified atom stereocenters. The Kier molecular flexibility index (Phi) is 6.47. The fourth-order valence-corrected chi connectivity index (χ4v) is 3.93. The van der Waals surface area contributed by atoms with E-state index in [1.165, 1.54) is 17.0 Å². The Bertz CT molecular complexity index is 1100. The van der Waals surface area contributed by atoms with Gasteiger partial charge in [-0.25, -0.2) is 8.42 Å². The topological polar surface area (TPSA) is 88.8 Å². The maximum absolute atomic E-state index is 12.6. The average molecular weight is 429 g/mol. The lowest BCUT2D eigenvalue weighted by molar-refractivity contribution is 0.0775. The van der Waals surface area contributed by atoms with Crippen LogP contribution in [0.15, 0.2) is 70.0 Å². The summed E-state index contributed by atoms with van der Waals surface area (Å²) in [5.41, 5.74) is 0.814. The number of nitrogens with zero attached hydrogens (tertiary/aromatic N) is 1. The van der Waals surface area contributed by atoms with Crippen molar-refractivity contribution >= 4 is 21.6 Å². The third kappa shape index (κ3) is 5.21. The predicted molar refractivity (Wildman–Crippen MR) is 114 cm³/mol. The molecule has 3 aromatic rings. The summed E-state index contributed by atoms with van der Waals surface area (Å²) in [5, 5.41) is 0. The van der Waals surface area contributed by atoms with Crippen LogP contribution < -0.4 is 9.46 Å². The van der Waals surface area contributed by atoms with Gasteiger partial charge < -0.3 is 14.1 Å². The molecule has 0 radical (unpaired) electrons. The van der Waals surface area contributed by atoms with Crippen molar-refractivity contribution in [3.05, 3.63) is 77.7 Å². The number of hydrogen-bond donors (Lipinski definition) is 1. The second-order valence-corrected chi connectivity index (χ2v) is 8.44. The number of benzene rings is 2. The molecule has 1 N–H and O–H groups in total. The number of hydrogen-bond acceptors (Lipinski definition) is 5. The number of amides is 1. The molecule has 0 spiro atoms. The number of anilines is 1. The summed E-state index contributed by atoms with van der Waals surface area (Å²) in [6, 6.07) is 16.1. The van der Waals surface area contributed by atoms with Crippen LogP contribution >= 0.6 is 0 Å². The number of aryl methyl sites for hydroxylation is 1. The van der Waals surface area contributed by atoms with Gasteiger partial charge >= 0.3 is 0 Å². The summed E-state index contributed by atoms with van der Waals surface area (Å²) in [5.74, 6) is 1.90. The highest BCUT2D eigenvalue weighted by atomic mass is 32.2. The zero-order valence-corrected chi connectivity index (χ0v) is 17.9. The zero-order chi connectivity index (χ0) is 21.7. The molecule has 0 aliphatic carbocycles. The van der Waals surface area contributed by atoms with Gasteiger partial charge in [-0.1, -0.05) is 0 Å². The standard InChI is InChI=1S/C22H24N2O5S/c1-4-28-19-11-13-21(14-12-19)30(26,27)23-18-8-6-17(7-9-18)22(25)24(3)15-20-10-5-16(2)29-20/h5-14,23H,4,15H2,1-3H3. The van der Waals surface area contributed by atoms with Gasteiger partial charge in [0, 0.05) is 18.3 Å². The molecule has 8 heteroatoms. The van der Waals surface area contributed by atoms with Crippen molar-refractivity contribution in [3.8, 4) is 5.75 Å². The SMILES string of the molecule is CCOc1ccc(S(=O)(=O)Nc2ccc(C(=O)N(C)Cc3ccc(C)o3)cc2)cc1. The minimum absolute atomic E-state index is 0.125. The van der Waals surface area contributed by atoms with Gasteiger partial charge in [0.15, 0.2) is 0 Å². The van der Waals surface area contributed by atoms with Crippen molar-refractivity contribution < 1.29 is 22.4 Å². The van der Waals surface area contributed by atoms with Crippen LogP contribution in [0.3, 0.4) is 0 Å². The van der Waals surface area contributed by atoms with Crippen molar-refractivity contribution in [2.75, 3.05) is 18.4 Å². The number of sulfonamides is 1. The van der Waals surface area contributed by atoms with Gasteiger partial charge in [-0.05, 0) is 74.5 Å². The number of ether oxygens (including phenoxy) is 1. The lowest BCUT2D eigenvalue weighted by Crippen LogP contribution is -2.26. The van der Waals surface area contributed by atoms with E-state index >= 15 is 0 Å². The summed E-state index contributed by atoms with van der Waals surface area (Å²) in [6.45, 7) is 4.55. The molecule has 158 valence electrons. The maximum Gasteiger partial charge on any atom is 0.261 e. The summed E-state index contributed by atoms with van der Waals surface area (Å²) in [4.78, 5) is 14.3. The van der Waals surface area contributed by atoms with Crippen LogP contribution in [-0.2, 0) is 16.6 Å². The highest BCUT2D eigenvalue weighted by molar-refractivity contribution is 7.92. The molecular formula is C22H24N2O5S. The van der Waals surface area contributed by atoms with Crippen LogP contribution in [0.2, 0.25) is 0 Å². The summed E-state index contributed by atoms with van der Waals surface area (Å²) in [6.07, 6.45) is 0. The lowest BCUT2D eigenvalue weighted by Gasteiger charge is -2.16. The van der Waals surface area contributed by atoms with Crippen LogP contribution in [-0.4, -0.2) is 32.9 Å². The van der Waals surface area contributed by atoms with Crippen LogP contribution in [0, 0.1) is 6.92 Å². The number of carbonyl (C=O) groups excluding carboxylic acids is 1. The molecule has 1 amide bonds. The second-order valence-electron chi connectivity index (χ2n) is 6.76. The van der Waals surface area contributed by atoms with E-state index in [-0.39, 0.29) is 10.8 Å². The molecular weight excluding hydrogens is 404 g/mol. The Morgan fingerprint density at radius 1 is 1.03 bits per heavy atom. The molecule has 0 aliphatic rings. The first-order chi connectivity index (χ1) is 14.3. The van der Waals surface area contributed by atoms with Crippen molar-refractivity contribution in [1.82, 2.24) is 4.90 Å². The van der Waals surface area contributed by atoms with E-state index < -0.39 is 10.0 Å². The highest BCUT2D eigenvalue weighted by Crippen LogP contribution is 2.20. The molecule has 1 aromatic heterocycles. The molecule has 0 atom stereocenters. The molecule has 0 aliphatic heterocycles. The summed E-state index contributed by atoms with van der Waals surface area (Å²) >= 11 is 0. The third-order valence-corrected chi connectivity index (χ3v) is 5.76. The van der Waals surface area contributed by atoms with Gasteiger partial charge in [-0.3, -0.25) is 9.52 Å². The van der Waals surface area contributed by atoms with Gasteiger partial charge in [0.05, 0.1) is 18.0 Å². The second kappa shape index (κ2) is 9.04. The first-order valence-electron chi connectivity index (χ1n) is 9.45. The molecule has 0 saturated heterocycles. The van der Waals surface area contributed by atoms with Crippen molar-refractivity contribution in [2.45, 2.75) is 25.3 Å². The Balaban J connectivity index is 1.66. The fraction of sp³-hybridized carbons (Fsp3) is 0.227. The zero-order valence-electron chi connectivity index (χ0n) is 17.1. The molecule has 2 aromatic carbocycles. The molecule has 3 rings (SSSR count). The van der Waals surface area contributed by atoms with Crippen LogP contribution in [0.5, 0.6) is 5.75 Å². The van der Waals surface area contributed by atoms with Crippen molar-refractivity contribution in [3.63, 3.8) is 0 Å². The highest BCUT2D eigenvalue weighted by Gasteiger charge is 2.16. The van der Waals surface area contributed by atoms with Crippen molar-refractivity contribution in [2.24, 2.45) is 0 Å². The number of nitrogens with one attached hydrogen (secondary N) is 1. The van der Waals surface area contributed by atoms with Crippen LogP contribution in [0.25, 0.3) is 0 Å². The molecule has 0 bridgehead atoms. The minimum Gasteiger partial charge on any atom is -0.494 e. The van der Waals surface area contributed by atoms with E-state index in [2.05, 4.69) is 4.72 Å². The smallest absolute Gasteiger partial charge is 0.261 e. The largest absolute Gasteiger partial charge is 0.494 e. The molecule has 7 nitrogen and oxygen atoms in total. The molecule has 0 fully saturated rings.